The zero-order valence-electron chi connectivity index (χ0n) is 13.5. The smallest absolute Gasteiger partial charge is 0.248 e. The molecule has 0 aromatic heterocycles. The van der Waals surface area contributed by atoms with Gasteiger partial charge in [-0.15, -0.1) is 0 Å². The molecule has 0 saturated heterocycles. The van der Waals surface area contributed by atoms with Gasteiger partial charge in [-0.3, -0.25) is 4.79 Å². The van der Waals surface area contributed by atoms with Crippen LogP contribution in [0.4, 0.5) is 5.69 Å². The minimum Gasteiger partial charge on any atom is -0.307 e. The fourth-order valence-corrected chi connectivity index (χ4v) is 4.22. The molecule has 1 aliphatic rings. The van der Waals surface area contributed by atoms with E-state index in [1.54, 1.807) is 17.0 Å². The van der Waals surface area contributed by atoms with Gasteiger partial charge < -0.3 is 4.90 Å². The number of anilines is 1. The molecule has 0 radical (unpaired) electrons. The summed E-state index contributed by atoms with van der Waals surface area (Å²) in [7, 11) is -3.68. The number of sulfone groups is 1. The molecule has 0 aliphatic carbocycles. The van der Waals surface area contributed by atoms with Crippen LogP contribution in [0.2, 0.25) is 0 Å². The van der Waals surface area contributed by atoms with Crippen molar-refractivity contribution in [2.24, 2.45) is 0 Å². The molecular weight excluding hydrogens is 286 g/mol. The lowest BCUT2D eigenvalue weighted by Crippen LogP contribution is -2.56. The summed E-state index contributed by atoms with van der Waals surface area (Å²) in [5, 5.41) is 0. The molecule has 5 heteroatoms. The van der Waals surface area contributed by atoms with Crippen LogP contribution >= 0.6 is 0 Å². The van der Waals surface area contributed by atoms with Gasteiger partial charge in [0.2, 0.25) is 5.91 Å². The lowest BCUT2D eigenvalue weighted by atomic mass is 10.0. The van der Waals surface area contributed by atoms with Gasteiger partial charge in [-0.05, 0) is 51.3 Å². The van der Waals surface area contributed by atoms with Crippen molar-refractivity contribution in [1.29, 1.82) is 0 Å². The van der Waals surface area contributed by atoms with Crippen LogP contribution in [0.3, 0.4) is 0 Å². The summed E-state index contributed by atoms with van der Waals surface area (Å²) in [6, 6.07) is 5.30. The fraction of sp³-hybridized carbons (Fsp3) is 0.562. The third kappa shape index (κ3) is 2.18. The Balaban J connectivity index is 2.82. The van der Waals surface area contributed by atoms with Gasteiger partial charge in [0, 0.05) is 6.04 Å². The lowest BCUT2D eigenvalue weighted by Gasteiger charge is -2.40. The zero-order valence-corrected chi connectivity index (χ0v) is 14.3. The largest absolute Gasteiger partial charge is 0.307 e. The lowest BCUT2D eigenvalue weighted by molar-refractivity contribution is -0.120. The normalized spacial score (nSPS) is 20.0. The Hall–Kier alpha value is -1.36. The second-order valence-electron chi connectivity index (χ2n) is 6.66. The quantitative estimate of drug-likeness (QED) is 0.843. The number of hydrogen-bond donors (Lipinski definition) is 0. The molecule has 0 saturated carbocycles. The van der Waals surface area contributed by atoms with E-state index in [-0.39, 0.29) is 22.8 Å². The molecule has 0 spiro atoms. The Morgan fingerprint density at radius 3 is 2.14 bits per heavy atom. The highest BCUT2D eigenvalue weighted by atomic mass is 32.2. The van der Waals surface area contributed by atoms with Crippen molar-refractivity contribution in [2.45, 2.75) is 63.1 Å². The Morgan fingerprint density at radius 2 is 1.67 bits per heavy atom. The van der Waals surface area contributed by atoms with Gasteiger partial charge in [-0.2, -0.15) is 0 Å². The average molecular weight is 309 g/mol. The number of nitrogens with zero attached hydrogens (tertiary/aromatic N) is 1. The number of carbonyl (C=O) groups excluding carboxylic acids is 1. The van der Waals surface area contributed by atoms with Crippen LogP contribution in [0, 0.1) is 0 Å². The van der Waals surface area contributed by atoms with Crippen LogP contribution in [-0.2, 0) is 14.6 Å². The Labute approximate surface area is 127 Å². The van der Waals surface area contributed by atoms with Crippen LogP contribution in [0.5, 0.6) is 0 Å². The first-order valence-corrected chi connectivity index (χ1v) is 8.72. The van der Waals surface area contributed by atoms with Gasteiger partial charge in [-0.25, -0.2) is 8.42 Å². The van der Waals surface area contributed by atoms with Crippen LogP contribution in [0.25, 0.3) is 0 Å². The first-order valence-electron chi connectivity index (χ1n) is 7.24. The third-order valence-corrected chi connectivity index (χ3v) is 6.55. The predicted octanol–water partition coefficient (Wildman–Crippen LogP) is 3.12. The molecule has 1 aliphatic heterocycles. The summed E-state index contributed by atoms with van der Waals surface area (Å²) in [4.78, 5) is 14.5. The molecule has 4 nitrogen and oxygen atoms in total. The molecule has 1 heterocycles. The molecule has 21 heavy (non-hydrogen) atoms. The number of rotatable bonds is 2. The number of fused-ring (bicyclic) bond motifs is 1. The van der Waals surface area contributed by atoms with E-state index < -0.39 is 14.6 Å². The Bertz CT molecular complexity index is 687. The van der Waals surface area contributed by atoms with Gasteiger partial charge in [0.05, 0.1) is 10.6 Å². The average Bonchev–Trinajstić information content (AvgIpc) is 2.36. The Morgan fingerprint density at radius 1 is 1.10 bits per heavy atom. The monoisotopic (exact) mass is 309 g/mol. The summed E-state index contributed by atoms with van der Waals surface area (Å²) >= 11 is 0. The van der Waals surface area contributed by atoms with E-state index in [1.165, 1.54) is 13.8 Å². The predicted molar refractivity (Wildman–Crippen MR) is 84.4 cm³/mol. The van der Waals surface area contributed by atoms with E-state index >= 15 is 0 Å². The number of benzene rings is 1. The van der Waals surface area contributed by atoms with Gasteiger partial charge in [0.1, 0.15) is 4.75 Å². The van der Waals surface area contributed by atoms with E-state index in [0.717, 1.165) is 5.56 Å². The van der Waals surface area contributed by atoms with Crippen LogP contribution in [-0.4, -0.2) is 25.1 Å². The van der Waals surface area contributed by atoms with Crippen molar-refractivity contribution in [3.05, 3.63) is 23.8 Å². The van der Waals surface area contributed by atoms with Gasteiger partial charge in [-0.1, -0.05) is 19.9 Å². The Kier molecular flexibility index (Phi) is 3.69. The third-order valence-electron chi connectivity index (χ3n) is 4.12. The summed E-state index contributed by atoms with van der Waals surface area (Å²) in [6.45, 7) is 10.8. The van der Waals surface area contributed by atoms with Crippen molar-refractivity contribution >= 4 is 21.4 Å². The second kappa shape index (κ2) is 4.83. The highest BCUT2D eigenvalue weighted by Gasteiger charge is 2.51. The van der Waals surface area contributed by atoms with Crippen LogP contribution in [0.15, 0.2) is 23.1 Å². The van der Waals surface area contributed by atoms with E-state index in [1.807, 2.05) is 33.8 Å². The van der Waals surface area contributed by atoms with Crippen LogP contribution < -0.4 is 4.90 Å². The minimum absolute atomic E-state index is 0.0871. The van der Waals surface area contributed by atoms with Crippen LogP contribution in [0.1, 0.15) is 53.0 Å². The van der Waals surface area contributed by atoms with E-state index in [9.17, 15) is 13.2 Å². The van der Waals surface area contributed by atoms with Crippen molar-refractivity contribution in [1.82, 2.24) is 0 Å². The summed E-state index contributed by atoms with van der Waals surface area (Å²) in [5.74, 6) is -0.124. The van der Waals surface area contributed by atoms with E-state index in [4.69, 9.17) is 0 Å². The minimum atomic E-state index is -3.68. The highest BCUT2D eigenvalue weighted by Crippen LogP contribution is 2.42. The zero-order chi connectivity index (χ0) is 16.2. The highest BCUT2D eigenvalue weighted by molar-refractivity contribution is 7.94. The van der Waals surface area contributed by atoms with Crippen molar-refractivity contribution in [3.63, 3.8) is 0 Å². The van der Waals surface area contributed by atoms with E-state index in [0.29, 0.717) is 5.69 Å². The van der Waals surface area contributed by atoms with Crippen molar-refractivity contribution < 1.29 is 13.2 Å². The molecular formula is C16H23NO3S. The van der Waals surface area contributed by atoms with E-state index in [2.05, 4.69) is 0 Å². The first kappa shape index (κ1) is 16.0. The van der Waals surface area contributed by atoms with Crippen molar-refractivity contribution in [3.8, 4) is 0 Å². The van der Waals surface area contributed by atoms with Gasteiger partial charge in [0.25, 0.3) is 0 Å². The van der Waals surface area contributed by atoms with Gasteiger partial charge >= 0.3 is 0 Å². The molecule has 0 bridgehead atoms. The first-order chi connectivity index (χ1) is 9.51. The molecule has 0 fully saturated rings. The maximum Gasteiger partial charge on any atom is 0.248 e. The maximum absolute atomic E-state index is 12.8. The number of carbonyl (C=O) groups is 1. The molecule has 0 atom stereocenters. The number of hydrogen-bond acceptors (Lipinski definition) is 3. The number of amides is 1. The van der Waals surface area contributed by atoms with Crippen molar-refractivity contribution in [2.75, 3.05) is 4.90 Å². The fourth-order valence-electron chi connectivity index (χ4n) is 2.61. The summed E-state index contributed by atoms with van der Waals surface area (Å²) in [5.41, 5.74) is 1.46. The molecule has 1 amide bonds. The molecule has 0 unspecified atom stereocenters. The molecule has 116 valence electrons. The standard InChI is InChI=1S/C16H23NO3S/c1-10(2)12-7-8-13-14(9-12)21(19,20)16(5,6)15(18)17(13)11(3)4/h7-11H,1-6H3. The molecule has 1 aromatic rings. The SMILES string of the molecule is CC(C)c1ccc2c(c1)S(=O)(=O)C(C)(C)C(=O)N2C(C)C. The second-order valence-corrected chi connectivity index (χ2v) is 9.13. The maximum atomic E-state index is 12.8. The summed E-state index contributed by atoms with van der Waals surface area (Å²) < 4.78 is 24.2. The molecule has 0 N–H and O–H groups in total. The molecule has 2 rings (SSSR count). The summed E-state index contributed by atoms with van der Waals surface area (Å²) in [6.07, 6.45) is 0. The molecule has 1 aromatic carbocycles. The van der Waals surface area contributed by atoms with Gasteiger partial charge in [0.15, 0.2) is 9.84 Å². The topological polar surface area (TPSA) is 54.5 Å².